The van der Waals surface area contributed by atoms with Crippen LogP contribution in [0.5, 0.6) is 5.75 Å². The van der Waals surface area contributed by atoms with Crippen LogP contribution < -0.4 is 4.74 Å². The van der Waals surface area contributed by atoms with Crippen molar-refractivity contribution in [2.24, 2.45) is 0 Å². The maximum absolute atomic E-state index is 12.0. The van der Waals surface area contributed by atoms with Gasteiger partial charge in [-0.2, -0.15) is 0 Å². The molecule has 0 spiro atoms. The van der Waals surface area contributed by atoms with Gasteiger partial charge in [-0.25, -0.2) is 4.79 Å². The summed E-state index contributed by atoms with van der Waals surface area (Å²) in [4.78, 5) is 12.0. The van der Waals surface area contributed by atoms with Gasteiger partial charge in [-0.15, -0.1) is 0 Å². The first-order valence-electron chi connectivity index (χ1n) is 6.74. The lowest BCUT2D eigenvalue weighted by molar-refractivity contribution is -0.162. The zero-order valence-corrected chi connectivity index (χ0v) is 12.3. The Morgan fingerprint density at radius 3 is 2.40 bits per heavy atom. The van der Waals surface area contributed by atoms with E-state index in [9.17, 15) is 4.79 Å². The molecule has 0 amide bonds. The number of carbonyl (C=O) groups is 1. The van der Waals surface area contributed by atoms with Crippen LogP contribution in [0.25, 0.3) is 10.8 Å². The quantitative estimate of drug-likeness (QED) is 0.794. The molecule has 0 saturated carbocycles. The molecule has 0 aromatic heterocycles. The lowest BCUT2D eigenvalue weighted by Gasteiger charge is -2.23. The van der Waals surface area contributed by atoms with E-state index >= 15 is 0 Å². The van der Waals surface area contributed by atoms with Crippen molar-refractivity contribution in [3.8, 4) is 5.75 Å². The Balaban J connectivity index is 2.18. The van der Waals surface area contributed by atoms with Crippen molar-refractivity contribution in [3.05, 3.63) is 42.5 Å². The predicted octanol–water partition coefficient (Wildman–Crippen LogP) is 3.95. The maximum Gasteiger partial charge on any atom is 0.347 e. The van der Waals surface area contributed by atoms with E-state index in [0.29, 0.717) is 5.75 Å². The smallest absolute Gasteiger partial charge is 0.347 e. The molecule has 106 valence electrons. The lowest BCUT2D eigenvalue weighted by Crippen LogP contribution is -2.33. The minimum absolute atomic E-state index is 0.356. The maximum atomic E-state index is 12.0. The van der Waals surface area contributed by atoms with E-state index < -0.39 is 11.7 Å². The van der Waals surface area contributed by atoms with Gasteiger partial charge in [0, 0.05) is 5.39 Å². The number of hydrogen-bond donors (Lipinski definition) is 0. The van der Waals surface area contributed by atoms with Gasteiger partial charge in [0.15, 0.2) is 6.10 Å². The molecular formula is C17H20O3. The monoisotopic (exact) mass is 272 g/mol. The van der Waals surface area contributed by atoms with Gasteiger partial charge in [0.25, 0.3) is 0 Å². The number of esters is 1. The SMILES string of the molecule is CC(Oc1cccc2ccccc12)C(=O)OC(C)(C)C. The largest absolute Gasteiger partial charge is 0.478 e. The summed E-state index contributed by atoms with van der Waals surface area (Å²) in [5.74, 6) is 0.340. The van der Waals surface area contributed by atoms with Crippen LogP contribution in [0.4, 0.5) is 0 Å². The second kappa shape index (κ2) is 5.53. The van der Waals surface area contributed by atoms with E-state index in [-0.39, 0.29) is 5.97 Å². The van der Waals surface area contributed by atoms with Crippen LogP contribution >= 0.6 is 0 Å². The Bertz CT molecular complexity index is 606. The standard InChI is InChI=1S/C17H20O3/c1-12(16(18)20-17(2,3)4)19-15-11-7-9-13-8-5-6-10-14(13)15/h5-12H,1-4H3. The molecule has 0 aliphatic carbocycles. The van der Waals surface area contributed by atoms with Gasteiger partial charge >= 0.3 is 5.97 Å². The average molecular weight is 272 g/mol. The van der Waals surface area contributed by atoms with Crippen LogP contribution in [0.15, 0.2) is 42.5 Å². The third-order valence-corrected chi connectivity index (χ3v) is 2.79. The number of benzene rings is 2. The molecule has 0 saturated heterocycles. The van der Waals surface area contributed by atoms with Gasteiger partial charge in [-0.05, 0) is 39.1 Å². The molecule has 2 rings (SSSR count). The molecule has 0 aliphatic heterocycles. The molecule has 3 heteroatoms. The second-order valence-electron chi connectivity index (χ2n) is 5.77. The zero-order valence-electron chi connectivity index (χ0n) is 12.3. The van der Waals surface area contributed by atoms with Gasteiger partial charge in [-0.1, -0.05) is 36.4 Å². The molecule has 3 nitrogen and oxygen atoms in total. The minimum atomic E-state index is -0.639. The summed E-state index contributed by atoms with van der Waals surface area (Å²) in [6.45, 7) is 7.23. The van der Waals surface area contributed by atoms with Gasteiger partial charge in [-0.3, -0.25) is 0 Å². The van der Waals surface area contributed by atoms with Gasteiger partial charge in [0.1, 0.15) is 11.4 Å². The van der Waals surface area contributed by atoms with Crippen molar-refractivity contribution in [3.63, 3.8) is 0 Å². The van der Waals surface area contributed by atoms with Gasteiger partial charge in [0.05, 0.1) is 0 Å². The predicted molar refractivity (Wildman–Crippen MR) is 79.9 cm³/mol. The first-order chi connectivity index (χ1) is 9.37. The third-order valence-electron chi connectivity index (χ3n) is 2.79. The summed E-state index contributed by atoms with van der Waals surface area (Å²) in [5, 5.41) is 2.08. The Morgan fingerprint density at radius 2 is 1.70 bits per heavy atom. The molecular weight excluding hydrogens is 252 g/mol. The summed E-state index contributed by atoms with van der Waals surface area (Å²) in [7, 11) is 0. The highest BCUT2D eigenvalue weighted by Gasteiger charge is 2.23. The van der Waals surface area contributed by atoms with E-state index in [1.54, 1.807) is 6.92 Å². The van der Waals surface area contributed by atoms with Crippen LogP contribution in [0.1, 0.15) is 27.7 Å². The number of hydrogen-bond acceptors (Lipinski definition) is 3. The van der Waals surface area contributed by atoms with Crippen LogP contribution in [-0.2, 0) is 9.53 Å². The Hall–Kier alpha value is -2.03. The van der Waals surface area contributed by atoms with Crippen molar-refractivity contribution in [2.75, 3.05) is 0 Å². The highest BCUT2D eigenvalue weighted by Crippen LogP contribution is 2.26. The molecule has 2 aromatic carbocycles. The fourth-order valence-corrected chi connectivity index (χ4v) is 1.92. The van der Waals surface area contributed by atoms with E-state index in [0.717, 1.165) is 10.8 Å². The Kier molecular flexibility index (Phi) is 3.98. The Labute approximate surface area is 119 Å². The molecule has 0 bridgehead atoms. The van der Waals surface area contributed by atoms with Crippen molar-refractivity contribution in [1.82, 2.24) is 0 Å². The van der Waals surface area contributed by atoms with Crippen LogP contribution in [-0.4, -0.2) is 17.7 Å². The van der Waals surface area contributed by atoms with E-state index in [4.69, 9.17) is 9.47 Å². The molecule has 0 heterocycles. The van der Waals surface area contributed by atoms with Crippen molar-refractivity contribution in [2.45, 2.75) is 39.4 Å². The van der Waals surface area contributed by atoms with Crippen LogP contribution in [0.3, 0.4) is 0 Å². The normalized spacial score (nSPS) is 13.0. The molecule has 0 N–H and O–H groups in total. The molecule has 1 atom stereocenters. The molecule has 0 fully saturated rings. The molecule has 2 aromatic rings. The lowest BCUT2D eigenvalue weighted by atomic mass is 10.1. The molecule has 1 unspecified atom stereocenters. The van der Waals surface area contributed by atoms with Crippen molar-refractivity contribution >= 4 is 16.7 Å². The van der Waals surface area contributed by atoms with Crippen LogP contribution in [0.2, 0.25) is 0 Å². The highest BCUT2D eigenvalue weighted by molar-refractivity contribution is 5.88. The summed E-state index contributed by atoms with van der Waals surface area (Å²) in [6, 6.07) is 13.7. The highest BCUT2D eigenvalue weighted by atomic mass is 16.6. The molecule has 20 heavy (non-hydrogen) atoms. The van der Waals surface area contributed by atoms with E-state index in [1.165, 1.54) is 0 Å². The molecule has 0 aliphatic rings. The van der Waals surface area contributed by atoms with Crippen molar-refractivity contribution < 1.29 is 14.3 Å². The summed E-state index contributed by atoms with van der Waals surface area (Å²) in [5.41, 5.74) is -0.506. The summed E-state index contributed by atoms with van der Waals surface area (Å²) in [6.07, 6.45) is -0.639. The fraction of sp³-hybridized carbons (Fsp3) is 0.353. The minimum Gasteiger partial charge on any atom is -0.478 e. The average Bonchev–Trinajstić information content (AvgIpc) is 2.37. The Morgan fingerprint density at radius 1 is 1.05 bits per heavy atom. The number of rotatable bonds is 3. The van der Waals surface area contributed by atoms with Crippen LogP contribution in [0, 0.1) is 0 Å². The topological polar surface area (TPSA) is 35.5 Å². The van der Waals surface area contributed by atoms with E-state index in [2.05, 4.69) is 0 Å². The first-order valence-corrected chi connectivity index (χ1v) is 6.74. The van der Waals surface area contributed by atoms with Gasteiger partial charge in [0.2, 0.25) is 0 Å². The van der Waals surface area contributed by atoms with Gasteiger partial charge < -0.3 is 9.47 Å². The first kappa shape index (κ1) is 14.4. The summed E-state index contributed by atoms with van der Waals surface area (Å²) >= 11 is 0. The second-order valence-corrected chi connectivity index (χ2v) is 5.77. The summed E-state index contributed by atoms with van der Waals surface area (Å²) < 4.78 is 11.1. The third kappa shape index (κ3) is 3.50. The number of ether oxygens (including phenoxy) is 2. The van der Waals surface area contributed by atoms with E-state index in [1.807, 2.05) is 63.2 Å². The number of fused-ring (bicyclic) bond motifs is 1. The van der Waals surface area contributed by atoms with Crippen molar-refractivity contribution in [1.29, 1.82) is 0 Å². The fourth-order valence-electron chi connectivity index (χ4n) is 1.92. The molecule has 0 radical (unpaired) electrons. The zero-order chi connectivity index (χ0) is 14.8. The number of carbonyl (C=O) groups excluding carboxylic acids is 1.